The highest BCUT2D eigenvalue weighted by Gasteiger charge is 2.03. The van der Waals surface area contributed by atoms with E-state index < -0.39 is 10.8 Å². The number of halogens is 1. The van der Waals surface area contributed by atoms with Crippen molar-refractivity contribution in [2.75, 3.05) is 6.61 Å². The molecule has 0 saturated carbocycles. The van der Waals surface area contributed by atoms with Crippen LogP contribution in [0.1, 0.15) is 5.56 Å². The molecule has 0 bridgehead atoms. The molecule has 0 saturated heterocycles. The second-order valence-corrected chi connectivity index (χ2v) is 5.21. The summed E-state index contributed by atoms with van der Waals surface area (Å²) in [6.07, 6.45) is 4.54. The molecule has 2 rings (SSSR count). The fraction of sp³-hybridized carbons (Fsp3) is 0.0588. The third-order valence-electron chi connectivity index (χ3n) is 2.89. The molecule has 2 aromatic rings. The van der Waals surface area contributed by atoms with Crippen LogP contribution in [0.15, 0.2) is 59.7 Å². The van der Waals surface area contributed by atoms with E-state index in [0.717, 1.165) is 0 Å². The Morgan fingerprint density at radius 3 is 2.84 bits per heavy atom. The average molecular weight is 360 g/mol. The Balaban J connectivity index is 1.77. The van der Waals surface area contributed by atoms with E-state index in [9.17, 15) is 14.9 Å². The van der Waals surface area contributed by atoms with Crippen molar-refractivity contribution in [3.8, 4) is 5.75 Å². The molecule has 0 aliphatic rings. The smallest absolute Gasteiger partial charge is 0.277 e. The predicted molar refractivity (Wildman–Crippen MR) is 95.7 cm³/mol. The Morgan fingerprint density at radius 1 is 1.28 bits per heavy atom. The summed E-state index contributed by atoms with van der Waals surface area (Å²) in [6, 6.07) is 12.8. The lowest BCUT2D eigenvalue weighted by atomic mass is 10.2. The minimum Gasteiger partial charge on any atom is -0.484 e. The van der Waals surface area contributed by atoms with Crippen molar-refractivity contribution in [3.63, 3.8) is 0 Å². The van der Waals surface area contributed by atoms with Crippen molar-refractivity contribution in [3.05, 3.63) is 75.3 Å². The molecule has 0 unspecified atom stereocenters. The van der Waals surface area contributed by atoms with E-state index in [0.29, 0.717) is 16.3 Å². The molecule has 25 heavy (non-hydrogen) atoms. The minimum atomic E-state index is -0.467. The van der Waals surface area contributed by atoms with Gasteiger partial charge < -0.3 is 4.74 Å². The second kappa shape index (κ2) is 9.19. The Kier molecular flexibility index (Phi) is 6.67. The van der Waals surface area contributed by atoms with Crippen LogP contribution in [0.5, 0.6) is 5.75 Å². The van der Waals surface area contributed by atoms with Gasteiger partial charge in [-0.1, -0.05) is 35.9 Å². The Hall–Kier alpha value is -3.19. The van der Waals surface area contributed by atoms with E-state index in [1.54, 1.807) is 48.6 Å². The molecule has 0 radical (unpaired) electrons. The van der Waals surface area contributed by atoms with Crippen molar-refractivity contribution >= 4 is 35.5 Å². The quantitative estimate of drug-likeness (QED) is 0.465. The number of hydrazone groups is 1. The number of nitro benzene ring substituents is 1. The molecular formula is C17H14ClN3O4. The summed E-state index contributed by atoms with van der Waals surface area (Å²) in [4.78, 5) is 21.8. The molecular weight excluding hydrogens is 346 g/mol. The summed E-state index contributed by atoms with van der Waals surface area (Å²) in [5.41, 5.74) is 2.95. The summed E-state index contributed by atoms with van der Waals surface area (Å²) < 4.78 is 5.26. The van der Waals surface area contributed by atoms with Gasteiger partial charge in [-0.15, -0.1) is 0 Å². The van der Waals surface area contributed by atoms with E-state index in [1.807, 2.05) is 0 Å². The number of hydrogen-bond donors (Lipinski definition) is 1. The zero-order valence-electron chi connectivity index (χ0n) is 13.0. The lowest BCUT2D eigenvalue weighted by Gasteiger charge is -2.04. The van der Waals surface area contributed by atoms with Crippen LogP contribution in [-0.4, -0.2) is 23.7 Å². The zero-order valence-corrected chi connectivity index (χ0v) is 13.7. The first-order chi connectivity index (χ1) is 12.0. The molecule has 128 valence electrons. The van der Waals surface area contributed by atoms with Gasteiger partial charge in [0.25, 0.3) is 11.6 Å². The summed E-state index contributed by atoms with van der Waals surface area (Å²) in [6.45, 7) is -0.202. The number of allylic oxidation sites excluding steroid dienone is 1. The molecule has 8 heteroatoms. The van der Waals surface area contributed by atoms with Crippen molar-refractivity contribution in [2.45, 2.75) is 0 Å². The summed E-state index contributed by atoms with van der Waals surface area (Å²) in [5, 5.41) is 14.9. The van der Waals surface area contributed by atoms with Crippen LogP contribution in [0, 0.1) is 10.1 Å². The van der Waals surface area contributed by atoms with Gasteiger partial charge in [0.05, 0.1) is 4.92 Å². The predicted octanol–water partition coefficient (Wildman–Crippen LogP) is 3.44. The monoisotopic (exact) mass is 359 g/mol. The molecule has 0 aliphatic carbocycles. The van der Waals surface area contributed by atoms with Gasteiger partial charge in [-0.2, -0.15) is 5.10 Å². The van der Waals surface area contributed by atoms with Crippen LogP contribution in [0.4, 0.5) is 5.69 Å². The number of rotatable bonds is 7. The van der Waals surface area contributed by atoms with Crippen LogP contribution in [0.2, 0.25) is 5.02 Å². The summed E-state index contributed by atoms with van der Waals surface area (Å²) in [5.74, 6) is 0.0529. The lowest BCUT2D eigenvalue weighted by Crippen LogP contribution is -2.24. The highest BCUT2D eigenvalue weighted by atomic mass is 35.5. The highest BCUT2D eigenvalue weighted by Crippen LogP contribution is 2.16. The minimum absolute atomic E-state index is 0.00514. The molecule has 1 amide bonds. The van der Waals surface area contributed by atoms with Gasteiger partial charge in [-0.05, 0) is 29.8 Å². The molecule has 0 spiro atoms. The Bertz CT molecular complexity index is 821. The third kappa shape index (κ3) is 6.44. The number of ether oxygens (including phenoxy) is 1. The number of nitrogens with one attached hydrogen (secondary N) is 1. The summed E-state index contributed by atoms with van der Waals surface area (Å²) >= 11 is 5.81. The molecule has 0 fully saturated rings. The molecule has 7 nitrogen and oxygen atoms in total. The highest BCUT2D eigenvalue weighted by molar-refractivity contribution is 6.30. The van der Waals surface area contributed by atoms with Gasteiger partial charge in [0.15, 0.2) is 6.61 Å². The molecule has 0 aromatic heterocycles. The molecule has 0 atom stereocenters. The van der Waals surface area contributed by atoms with Crippen LogP contribution in [-0.2, 0) is 4.79 Å². The van der Waals surface area contributed by atoms with E-state index >= 15 is 0 Å². The summed E-state index contributed by atoms with van der Waals surface area (Å²) in [7, 11) is 0. The number of nitro groups is 1. The van der Waals surface area contributed by atoms with E-state index in [-0.39, 0.29) is 12.3 Å². The topological polar surface area (TPSA) is 93.8 Å². The van der Waals surface area contributed by atoms with Crippen LogP contribution in [0.25, 0.3) is 6.08 Å². The van der Waals surface area contributed by atoms with E-state index in [1.165, 1.54) is 18.3 Å². The van der Waals surface area contributed by atoms with E-state index in [4.69, 9.17) is 16.3 Å². The second-order valence-electron chi connectivity index (χ2n) is 4.77. The largest absolute Gasteiger partial charge is 0.484 e. The van der Waals surface area contributed by atoms with Gasteiger partial charge in [-0.25, -0.2) is 5.43 Å². The van der Waals surface area contributed by atoms with Crippen molar-refractivity contribution in [1.82, 2.24) is 5.43 Å². The number of hydrogen-bond acceptors (Lipinski definition) is 5. The maximum Gasteiger partial charge on any atom is 0.277 e. The van der Waals surface area contributed by atoms with Crippen LogP contribution < -0.4 is 10.2 Å². The van der Waals surface area contributed by atoms with Crippen molar-refractivity contribution < 1.29 is 14.5 Å². The fourth-order valence-corrected chi connectivity index (χ4v) is 1.97. The van der Waals surface area contributed by atoms with Crippen LogP contribution >= 0.6 is 11.6 Å². The maximum atomic E-state index is 11.6. The first kappa shape index (κ1) is 18.2. The lowest BCUT2D eigenvalue weighted by molar-refractivity contribution is -0.384. The molecule has 0 aliphatic heterocycles. The molecule has 2 aromatic carbocycles. The SMILES string of the molecule is O=C(COc1cccc(Cl)c1)N/N=C/C=C/c1cccc([N+](=O)[O-])c1. The van der Waals surface area contributed by atoms with Gasteiger partial charge in [0.1, 0.15) is 5.75 Å². The van der Waals surface area contributed by atoms with Gasteiger partial charge >= 0.3 is 0 Å². The van der Waals surface area contributed by atoms with Gasteiger partial charge in [-0.3, -0.25) is 14.9 Å². The maximum absolute atomic E-state index is 11.6. The Labute approximate surface area is 148 Å². The zero-order chi connectivity index (χ0) is 18.1. The van der Waals surface area contributed by atoms with E-state index in [2.05, 4.69) is 10.5 Å². The first-order valence-electron chi connectivity index (χ1n) is 7.16. The standard InChI is InChI=1S/C17H14ClN3O4/c18-14-6-2-8-16(11-14)25-12-17(22)20-19-9-3-5-13-4-1-7-15(10-13)21(23)24/h1-11H,12H2,(H,20,22)/b5-3+,19-9+. The third-order valence-corrected chi connectivity index (χ3v) is 3.12. The van der Waals surface area contributed by atoms with Crippen molar-refractivity contribution in [1.29, 1.82) is 0 Å². The number of amides is 1. The average Bonchev–Trinajstić information content (AvgIpc) is 2.60. The van der Waals surface area contributed by atoms with Gasteiger partial charge in [0.2, 0.25) is 0 Å². The number of nitrogens with zero attached hydrogens (tertiary/aromatic N) is 2. The number of carbonyl (C=O) groups is 1. The number of benzene rings is 2. The van der Waals surface area contributed by atoms with Crippen LogP contribution in [0.3, 0.4) is 0 Å². The van der Waals surface area contributed by atoms with Gasteiger partial charge in [0, 0.05) is 23.4 Å². The normalized spacial score (nSPS) is 10.9. The fourth-order valence-electron chi connectivity index (χ4n) is 1.79. The number of carbonyl (C=O) groups excluding carboxylic acids is 1. The van der Waals surface area contributed by atoms with Crippen molar-refractivity contribution in [2.24, 2.45) is 5.10 Å². The molecule has 0 heterocycles. The molecule has 1 N–H and O–H groups in total. The number of non-ortho nitro benzene ring substituents is 1. The Morgan fingerprint density at radius 2 is 2.08 bits per heavy atom. The first-order valence-corrected chi connectivity index (χ1v) is 7.54.